The molecule has 2 aliphatic rings. The highest BCUT2D eigenvalue weighted by Crippen LogP contribution is 2.36. The number of oxime groups is 1. The molecule has 2 heterocycles. The lowest BCUT2D eigenvalue weighted by Crippen LogP contribution is -2.46. The quantitative estimate of drug-likeness (QED) is 0.873. The van der Waals surface area contributed by atoms with Gasteiger partial charge in [-0.15, -0.1) is 0 Å². The largest absolute Gasteiger partial charge is 0.481 e. The molecule has 0 radical (unpaired) electrons. The second-order valence-electron chi connectivity index (χ2n) is 6.81. The second-order valence-corrected chi connectivity index (χ2v) is 6.81. The lowest BCUT2D eigenvalue weighted by atomic mass is 9.85. The second kappa shape index (κ2) is 7.56. The third kappa shape index (κ3) is 4.02. The van der Waals surface area contributed by atoms with E-state index in [1.165, 1.54) is 0 Å². The Morgan fingerprint density at radius 1 is 1.23 bits per heavy atom. The summed E-state index contributed by atoms with van der Waals surface area (Å²) in [6.45, 7) is 1.20. The van der Waals surface area contributed by atoms with Crippen LogP contribution >= 0.6 is 0 Å². The average molecular weight is 355 g/mol. The lowest BCUT2D eigenvalue weighted by Gasteiger charge is -2.37. The van der Waals surface area contributed by atoms with Gasteiger partial charge in [0.05, 0.1) is 17.3 Å². The maximum atomic E-state index is 12.2. The van der Waals surface area contributed by atoms with Gasteiger partial charge in [0.25, 0.3) is 0 Å². The Labute approximate surface area is 151 Å². The first kappa shape index (κ1) is 17.9. The Morgan fingerprint density at radius 2 is 1.92 bits per heavy atom. The molecule has 136 valence electrons. The summed E-state index contributed by atoms with van der Waals surface area (Å²) < 4.78 is 0. The predicted octanol–water partition coefficient (Wildman–Crippen LogP) is 2.30. The molecule has 2 aliphatic heterocycles. The van der Waals surface area contributed by atoms with Crippen LogP contribution in [0.2, 0.25) is 0 Å². The number of rotatable bonds is 5. The van der Waals surface area contributed by atoms with Crippen molar-refractivity contribution in [1.82, 2.24) is 4.90 Å². The van der Waals surface area contributed by atoms with Gasteiger partial charge in [-0.1, -0.05) is 17.3 Å². The smallest absolute Gasteiger partial charge is 0.303 e. The number of carbonyl (C=O) groups is 2. The summed E-state index contributed by atoms with van der Waals surface area (Å²) in [6.07, 6.45) is 2.78. The number of carbonyl (C=O) groups excluding carboxylic acids is 1. The summed E-state index contributed by atoms with van der Waals surface area (Å²) in [4.78, 5) is 30.2. The van der Waals surface area contributed by atoms with E-state index in [2.05, 4.69) is 11.2 Å². The number of aliphatic carboxylic acids is 1. The van der Waals surface area contributed by atoms with Gasteiger partial charge in [0.1, 0.15) is 5.60 Å². The highest BCUT2D eigenvalue weighted by Gasteiger charge is 2.43. The summed E-state index contributed by atoms with van der Waals surface area (Å²) in [7, 11) is 0. The van der Waals surface area contributed by atoms with E-state index >= 15 is 0 Å². The third-order valence-corrected chi connectivity index (χ3v) is 4.99. The van der Waals surface area contributed by atoms with Crippen LogP contribution in [0.15, 0.2) is 29.4 Å². The Hall–Kier alpha value is -2.88. The van der Waals surface area contributed by atoms with E-state index in [1.807, 2.05) is 12.1 Å². The molecule has 7 heteroatoms. The molecule has 0 aliphatic carbocycles. The molecule has 3 rings (SSSR count). The first-order valence-electron chi connectivity index (χ1n) is 8.76. The first-order valence-corrected chi connectivity index (χ1v) is 8.76. The molecular weight excluding hydrogens is 334 g/mol. The maximum Gasteiger partial charge on any atom is 0.303 e. The zero-order chi connectivity index (χ0) is 18.6. The fraction of sp³-hybridized carbons (Fsp3) is 0.474. The molecule has 1 spiro atoms. The number of nitriles is 1. The van der Waals surface area contributed by atoms with Crippen molar-refractivity contribution in [3.05, 3.63) is 35.4 Å². The van der Waals surface area contributed by atoms with E-state index in [0.717, 1.165) is 11.3 Å². The number of carboxylic acid groups (broad SMARTS) is 1. The van der Waals surface area contributed by atoms with E-state index in [0.29, 0.717) is 44.3 Å². The van der Waals surface area contributed by atoms with Crippen LogP contribution in [0.3, 0.4) is 0 Å². The van der Waals surface area contributed by atoms with Gasteiger partial charge < -0.3 is 14.8 Å². The highest BCUT2D eigenvalue weighted by molar-refractivity contribution is 6.01. The Kier molecular flexibility index (Phi) is 5.21. The fourth-order valence-corrected chi connectivity index (χ4v) is 3.39. The monoisotopic (exact) mass is 355 g/mol. The van der Waals surface area contributed by atoms with Crippen LogP contribution < -0.4 is 0 Å². The van der Waals surface area contributed by atoms with Crippen molar-refractivity contribution in [3.63, 3.8) is 0 Å². The van der Waals surface area contributed by atoms with E-state index in [-0.39, 0.29) is 24.3 Å². The number of nitrogens with zero attached hydrogens (tertiary/aromatic N) is 3. The zero-order valence-corrected chi connectivity index (χ0v) is 14.5. The molecule has 0 atom stereocenters. The van der Waals surface area contributed by atoms with Crippen LogP contribution in [0.1, 0.15) is 49.7 Å². The minimum absolute atomic E-state index is 0.00679. The van der Waals surface area contributed by atoms with Gasteiger partial charge in [0.2, 0.25) is 5.91 Å². The van der Waals surface area contributed by atoms with Crippen molar-refractivity contribution in [2.24, 2.45) is 5.16 Å². The van der Waals surface area contributed by atoms with Gasteiger partial charge in [0.15, 0.2) is 0 Å². The molecular formula is C19H21N3O4. The van der Waals surface area contributed by atoms with Crippen molar-refractivity contribution in [3.8, 4) is 6.07 Å². The summed E-state index contributed by atoms with van der Waals surface area (Å²) in [5.74, 6) is -0.866. The number of amides is 1. The van der Waals surface area contributed by atoms with Crippen molar-refractivity contribution < 1.29 is 19.5 Å². The predicted molar refractivity (Wildman–Crippen MR) is 93.4 cm³/mol. The SMILES string of the molecule is N#Cc1ccc(C2=NOC3(CCN(C(=O)CCCC(=O)O)CC3)C2)cc1. The molecule has 1 fully saturated rings. The van der Waals surface area contributed by atoms with Crippen molar-refractivity contribution in [1.29, 1.82) is 5.26 Å². The van der Waals surface area contributed by atoms with Gasteiger partial charge in [-0.25, -0.2) is 0 Å². The van der Waals surface area contributed by atoms with Crippen LogP contribution in [0.25, 0.3) is 0 Å². The molecule has 7 nitrogen and oxygen atoms in total. The van der Waals surface area contributed by atoms with Crippen LogP contribution in [0.4, 0.5) is 0 Å². The van der Waals surface area contributed by atoms with Crippen LogP contribution in [-0.4, -0.2) is 46.3 Å². The van der Waals surface area contributed by atoms with E-state index in [9.17, 15) is 9.59 Å². The highest BCUT2D eigenvalue weighted by atomic mass is 16.7. The molecule has 1 aromatic carbocycles. The molecule has 0 bridgehead atoms. The normalized spacial score (nSPS) is 18.1. The van der Waals surface area contributed by atoms with Gasteiger partial charge in [0, 0.05) is 45.2 Å². The molecule has 0 aromatic heterocycles. The molecule has 0 unspecified atom stereocenters. The number of carboxylic acids is 1. The van der Waals surface area contributed by atoms with E-state index in [4.69, 9.17) is 15.2 Å². The molecule has 1 amide bonds. The van der Waals surface area contributed by atoms with Gasteiger partial charge in [-0.2, -0.15) is 5.26 Å². The minimum Gasteiger partial charge on any atom is -0.481 e. The van der Waals surface area contributed by atoms with E-state index < -0.39 is 5.97 Å². The summed E-state index contributed by atoms with van der Waals surface area (Å²) >= 11 is 0. The number of piperidine rings is 1. The fourth-order valence-electron chi connectivity index (χ4n) is 3.39. The topological polar surface area (TPSA) is 103 Å². The molecule has 1 N–H and O–H groups in total. The van der Waals surface area contributed by atoms with Gasteiger partial charge >= 0.3 is 5.97 Å². The first-order chi connectivity index (χ1) is 12.5. The van der Waals surface area contributed by atoms with Gasteiger partial charge in [-0.05, 0) is 24.1 Å². The Balaban J connectivity index is 1.51. The number of benzene rings is 1. The van der Waals surface area contributed by atoms with Crippen LogP contribution in [-0.2, 0) is 14.4 Å². The molecule has 1 saturated heterocycles. The van der Waals surface area contributed by atoms with Crippen LogP contribution in [0, 0.1) is 11.3 Å². The summed E-state index contributed by atoms with van der Waals surface area (Å²) in [6, 6.07) is 9.38. The van der Waals surface area contributed by atoms with Crippen molar-refractivity contribution in [2.45, 2.75) is 44.1 Å². The third-order valence-electron chi connectivity index (χ3n) is 4.99. The Bertz CT molecular complexity index is 756. The zero-order valence-electron chi connectivity index (χ0n) is 14.5. The summed E-state index contributed by atoms with van der Waals surface area (Å²) in [5, 5.41) is 21.8. The number of likely N-dealkylation sites (tertiary alicyclic amines) is 1. The van der Waals surface area contributed by atoms with Gasteiger partial charge in [-0.3, -0.25) is 9.59 Å². The number of hydrogen-bond donors (Lipinski definition) is 1. The van der Waals surface area contributed by atoms with Crippen molar-refractivity contribution >= 4 is 17.6 Å². The molecule has 0 saturated carbocycles. The maximum absolute atomic E-state index is 12.2. The number of hydrogen-bond acceptors (Lipinski definition) is 5. The lowest BCUT2D eigenvalue weighted by molar-refractivity contribution is -0.138. The molecule has 1 aromatic rings. The summed E-state index contributed by atoms with van der Waals surface area (Å²) in [5.41, 5.74) is 2.07. The Morgan fingerprint density at radius 3 is 2.54 bits per heavy atom. The molecule has 26 heavy (non-hydrogen) atoms. The van der Waals surface area contributed by atoms with Crippen molar-refractivity contribution in [2.75, 3.05) is 13.1 Å². The van der Waals surface area contributed by atoms with E-state index in [1.54, 1.807) is 17.0 Å². The minimum atomic E-state index is -0.873. The van der Waals surface area contributed by atoms with Crippen LogP contribution in [0.5, 0.6) is 0 Å². The standard InChI is InChI=1S/C19H21N3O4/c20-13-14-4-6-15(7-5-14)16-12-19(26-21-16)8-10-22(11-9-19)17(23)2-1-3-18(24)25/h4-7H,1-3,8-12H2,(H,24,25). The average Bonchev–Trinajstić information content (AvgIpc) is 3.05.